The second-order valence-corrected chi connectivity index (χ2v) is 7.04. The van der Waals surface area contributed by atoms with Gasteiger partial charge in [0.25, 0.3) is 0 Å². The van der Waals surface area contributed by atoms with Gasteiger partial charge in [-0.15, -0.1) is 0 Å². The molecule has 0 saturated carbocycles. The third kappa shape index (κ3) is 5.46. The predicted molar refractivity (Wildman–Crippen MR) is 116 cm³/mol. The summed E-state index contributed by atoms with van der Waals surface area (Å²) >= 11 is 0. The molecule has 3 aromatic carbocycles. The standard InChI is InChI=1S/C25H27NO2/c1-5-24(27-22-10-6-8-19(3)16-22)25(26-21-14-12-18(2)13-15-21)28-23-11-7-9-20(4)17-23/h6-17,24H,5H2,1-4H3. The van der Waals surface area contributed by atoms with Crippen LogP contribution >= 0.6 is 0 Å². The maximum Gasteiger partial charge on any atom is 0.236 e. The maximum absolute atomic E-state index is 6.25. The first kappa shape index (κ1) is 19.7. The Labute approximate surface area is 167 Å². The fourth-order valence-corrected chi connectivity index (χ4v) is 2.87. The molecule has 144 valence electrons. The molecule has 1 atom stereocenters. The van der Waals surface area contributed by atoms with E-state index in [1.165, 1.54) is 5.56 Å². The minimum Gasteiger partial charge on any atom is -0.481 e. The first-order valence-electron chi connectivity index (χ1n) is 9.66. The number of aliphatic imine (C=N–C) groups is 1. The van der Waals surface area contributed by atoms with Crippen molar-refractivity contribution in [1.29, 1.82) is 0 Å². The van der Waals surface area contributed by atoms with E-state index in [1.54, 1.807) is 0 Å². The van der Waals surface area contributed by atoms with Gasteiger partial charge in [-0.3, -0.25) is 0 Å². The average molecular weight is 373 g/mol. The molecule has 3 aromatic rings. The van der Waals surface area contributed by atoms with Crippen molar-refractivity contribution in [3.8, 4) is 11.5 Å². The fraction of sp³-hybridized carbons (Fsp3) is 0.240. The van der Waals surface area contributed by atoms with Gasteiger partial charge in [-0.05, 0) is 74.7 Å². The summed E-state index contributed by atoms with van der Waals surface area (Å²) in [5.74, 6) is 2.13. The second-order valence-electron chi connectivity index (χ2n) is 7.04. The van der Waals surface area contributed by atoms with Crippen LogP contribution in [0.2, 0.25) is 0 Å². The van der Waals surface area contributed by atoms with Crippen LogP contribution in [0.4, 0.5) is 5.69 Å². The van der Waals surface area contributed by atoms with E-state index in [-0.39, 0.29) is 6.10 Å². The summed E-state index contributed by atoms with van der Waals surface area (Å²) < 4.78 is 12.5. The smallest absolute Gasteiger partial charge is 0.236 e. The Balaban J connectivity index is 1.94. The summed E-state index contributed by atoms with van der Waals surface area (Å²) in [4.78, 5) is 4.78. The maximum atomic E-state index is 6.25. The molecule has 1 unspecified atom stereocenters. The van der Waals surface area contributed by atoms with Crippen LogP contribution in [0.3, 0.4) is 0 Å². The molecule has 28 heavy (non-hydrogen) atoms. The molecule has 0 aliphatic carbocycles. The molecule has 0 aliphatic heterocycles. The number of ether oxygens (including phenoxy) is 2. The quantitative estimate of drug-likeness (QED) is 0.361. The SMILES string of the molecule is CCC(Oc1cccc(C)c1)C(=Nc1ccc(C)cc1)Oc1cccc(C)c1. The number of rotatable bonds is 6. The monoisotopic (exact) mass is 373 g/mol. The van der Waals surface area contributed by atoms with Gasteiger partial charge >= 0.3 is 0 Å². The molecule has 3 rings (SSSR count). The minimum absolute atomic E-state index is 0.288. The van der Waals surface area contributed by atoms with Gasteiger partial charge in [-0.25, -0.2) is 4.99 Å². The van der Waals surface area contributed by atoms with Crippen LogP contribution in [0.25, 0.3) is 0 Å². The number of aryl methyl sites for hydroxylation is 3. The van der Waals surface area contributed by atoms with Gasteiger partial charge in [-0.2, -0.15) is 0 Å². The van der Waals surface area contributed by atoms with Gasteiger partial charge in [0.1, 0.15) is 11.5 Å². The van der Waals surface area contributed by atoms with E-state index in [1.807, 2.05) is 73.7 Å². The van der Waals surface area contributed by atoms with Crippen molar-refractivity contribution < 1.29 is 9.47 Å². The van der Waals surface area contributed by atoms with Gasteiger partial charge in [-0.1, -0.05) is 48.9 Å². The van der Waals surface area contributed by atoms with Crippen molar-refractivity contribution in [2.24, 2.45) is 4.99 Å². The van der Waals surface area contributed by atoms with Gasteiger partial charge in [0, 0.05) is 0 Å². The molecule has 0 fully saturated rings. The van der Waals surface area contributed by atoms with Crippen molar-refractivity contribution in [3.05, 3.63) is 89.5 Å². The van der Waals surface area contributed by atoms with E-state index >= 15 is 0 Å². The van der Waals surface area contributed by atoms with Crippen LogP contribution < -0.4 is 9.47 Å². The molecular formula is C25H27NO2. The Hall–Kier alpha value is -3.07. The van der Waals surface area contributed by atoms with Crippen molar-refractivity contribution in [2.75, 3.05) is 0 Å². The zero-order chi connectivity index (χ0) is 19.9. The van der Waals surface area contributed by atoms with Crippen molar-refractivity contribution in [3.63, 3.8) is 0 Å². The third-order valence-corrected chi connectivity index (χ3v) is 4.40. The predicted octanol–water partition coefficient (Wildman–Crippen LogP) is 6.58. The van der Waals surface area contributed by atoms with E-state index in [2.05, 4.69) is 26.8 Å². The molecule has 0 bridgehead atoms. The Morgan fingerprint density at radius 3 is 2.00 bits per heavy atom. The van der Waals surface area contributed by atoms with E-state index < -0.39 is 0 Å². The summed E-state index contributed by atoms with van der Waals surface area (Å²) in [6.07, 6.45) is 0.452. The Morgan fingerprint density at radius 1 is 0.786 bits per heavy atom. The first-order valence-corrected chi connectivity index (χ1v) is 9.66. The van der Waals surface area contributed by atoms with Crippen molar-refractivity contribution in [1.82, 2.24) is 0 Å². The summed E-state index contributed by atoms with van der Waals surface area (Å²) in [6, 6.07) is 24.1. The third-order valence-electron chi connectivity index (χ3n) is 4.40. The van der Waals surface area contributed by atoms with Gasteiger partial charge in [0.2, 0.25) is 5.90 Å². The van der Waals surface area contributed by atoms with Crippen LogP contribution in [0.1, 0.15) is 30.0 Å². The Kier molecular flexibility index (Phi) is 6.49. The number of benzene rings is 3. The normalized spacial score (nSPS) is 12.5. The zero-order valence-electron chi connectivity index (χ0n) is 17.0. The lowest BCUT2D eigenvalue weighted by Crippen LogP contribution is -2.31. The van der Waals surface area contributed by atoms with Crippen LogP contribution in [0.5, 0.6) is 11.5 Å². The minimum atomic E-state index is -0.288. The Bertz CT molecular complexity index is 945. The Morgan fingerprint density at radius 2 is 1.39 bits per heavy atom. The van der Waals surface area contributed by atoms with Gasteiger partial charge in [0.05, 0.1) is 5.69 Å². The lowest BCUT2D eigenvalue weighted by molar-refractivity contribution is 0.240. The largest absolute Gasteiger partial charge is 0.481 e. The van der Waals surface area contributed by atoms with Crippen molar-refractivity contribution in [2.45, 2.75) is 40.2 Å². The lowest BCUT2D eigenvalue weighted by atomic mass is 10.2. The lowest BCUT2D eigenvalue weighted by Gasteiger charge is -2.20. The molecule has 0 aliphatic rings. The number of nitrogens with zero attached hydrogens (tertiary/aromatic N) is 1. The van der Waals surface area contributed by atoms with Gasteiger partial charge in [0.15, 0.2) is 6.10 Å². The summed E-state index contributed by atoms with van der Waals surface area (Å²) in [5, 5.41) is 0. The highest BCUT2D eigenvalue weighted by atomic mass is 16.5. The van der Waals surface area contributed by atoms with E-state index in [0.29, 0.717) is 5.90 Å². The molecule has 0 N–H and O–H groups in total. The summed E-state index contributed by atoms with van der Waals surface area (Å²) in [7, 11) is 0. The second kappa shape index (κ2) is 9.23. The molecule has 0 amide bonds. The van der Waals surface area contributed by atoms with E-state index in [9.17, 15) is 0 Å². The summed E-state index contributed by atoms with van der Waals surface area (Å²) in [5.41, 5.74) is 4.34. The highest BCUT2D eigenvalue weighted by molar-refractivity contribution is 5.86. The van der Waals surface area contributed by atoms with E-state index in [4.69, 9.17) is 14.5 Å². The highest BCUT2D eigenvalue weighted by Gasteiger charge is 2.19. The molecule has 0 saturated heterocycles. The first-order chi connectivity index (χ1) is 13.5. The zero-order valence-corrected chi connectivity index (χ0v) is 17.0. The molecule has 0 spiro atoms. The molecule has 0 heterocycles. The topological polar surface area (TPSA) is 30.8 Å². The van der Waals surface area contributed by atoms with Crippen LogP contribution in [-0.4, -0.2) is 12.0 Å². The molecular weight excluding hydrogens is 346 g/mol. The molecule has 0 radical (unpaired) electrons. The van der Waals surface area contributed by atoms with E-state index in [0.717, 1.165) is 34.7 Å². The average Bonchev–Trinajstić information content (AvgIpc) is 2.67. The van der Waals surface area contributed by atoms with Crippen LogP contribution in [0, 0.1) is 20.8 Å². The molecule has 3 heteroatoms. The molecule has 0 aromatic heterocycles. The highest BCUT2D eigenvalue weighted by Crippen LogP contribution is 2.22. The van der Waals surface area contributed by atoms with Crippen LogP contribution in [0.15, 0.2) is 77.8 Å². The fourth-order valence-electron chi connectivity index (χ4n) is 2.87. The van der Waals surface area contributed by atoms with Crippen LogP contribution in [-0.2, 0) is 0 Å². The van der Waals surface area contributed by atoms with Crippen molar-refractivity contribution >= 4 is 11.6 Å². The number of hydrogen-bond acceptors (Lipinski definition) is 3. The number of hydrogen-bond donors (Lipinski definition) is 0. The molecule has 3 nitrogen and oxygen atoms in total. The van der Waals surface area contributed by atoms with Gasteiger partial charge < -0.3 is 9.47 Å². The summed E-state index contributed by atoms with van der Waals surface area (Å²) in [6.45, 7) is 8.24.